The summed E-state index contributed by atoms with van der Waals surface area (Å²) in [6.07, 6.45) is 3.16. The third-order valence-electron chi connectivity index (χ3n) is 6.24. The first-order chi connectivity index (χ1) is 11.8. The van der Waals surface area contributed by atoms with Crippen LogP contribution in [0.4, 0.5) is 0 Å². The van der Waals surface area contributed by atoms with E-state index < -0.39 is 32.2 Å². The summed E-state index contributed by atoms with van der Waals surface area (Å²) < 4.78 is 27.4. The Hall–Kier alpha value is -0.250. The van der Waals surface area contributed by atoms with E-state index in [1.807, 2.05) is 55.4 Å². The molecule has 2 aliphatic heterocycles. The zero-order chi connectivity index (χ0) is 21.2. The van der Waals surface area contributed by atoms with Crippen LogP contribution in [0, 0.1) is 0 Å². The molecule has 2 fully saturated rings. The summed E-state index contributed by atoms with van der Waals surface area (Å²) in [5.41, 5.74) is -2.61. The van der Waals surface area contributed by atoms with Gasteiger partial charge in [-0.15, -0.1) is 20.5 Å². The van der Waals surface area contributed by atoms with Gasteiger partial charge < -0.3 is 0 Å². The molecule has 0 unspecified atom stereocenters. The lowest BCUT2D eigenvalue weighted by molar-refractivity contribution is -0.301. The summed E-state index contributed by atoms with van der Waals surface area (Å²) in [6, 6.07) is -0.519. The van der Waals surface area contributed by atoms with E-state index >= 15 is 0 Å². The highest BCUT2D eigenvalue weighted by Crippen LogP contribution is 2.44. The normalized spacial score (nSPS) is 29.9. The smallest absolute Gasteiger partial charge is 0.211 e. The molecule has 8 heteroatoms. The third kappa shape index (κ3) is 4.36. The number of nitrogens with zero attached hydrogens (tertiary/aromatic N) is 3. The maximum absolute atomic E-state index is 12.9. The van der Waals surface area contributed by atoms with Gasteiger partial charge in [-0.05, 0) is 81.1 Å². The van der Waals surface area contributed by atoms with Gasteiger partial charge in [0, 0.05) is 34.2 Å². The van der Waals surface area contributed by atoms with Crippen LogP contribution in [0.25, 0.3) is 0 Å². The Morgan fingerprint density at radius 2 is 0.889 bits per heavy atom. The lowest BCUT2D eigenvalue weighted by Gasteiger charge is -2.56. The molecular weight excluding hydrogens is 366 g/mol. The van der Waals surface area contributed by atoms with Gasteiger partial charge in [0.25, 0.3) is 0 Å². The number of piperidine rings is 2. The fourth-order valence-electron chi connectivity index (χ4n) is 5.62. The highest BCUT2D eigenvalue weighted by atomic mass is 32.2. The van der Waals surface area contributed by atoms with E-state index in [0.29, 0.717) is 25.7 Å². The SMILES string of the molecule is CC1(C)CC(N(C2CC(C)(C)N([O])C(C)(C)C2)S(C)(=O)=O)CC(C)(C)N1[O]. The molecule has 0 bridgehead atoms. The zero-order valence-electron chi connectivity index (χ0n) is 18.4. The van der Waals surface area contributed by atoms with Crippen molar-refractivity contribution < 1.29 is 18.8 Å². The fraction of sp³-hybridized carbons (Fsp3) is 1.00. The monoisotopic (exact) mass is 403 g/mol. The second kappa shape index (κ2) is 6.64. The van der Waals surface area contributed by atoms with Crippen molar-refractivity contribution >= 4 is 10.0 Å². The van der Waals surface area contributed by atoms with Gasteiger partial charge in [-0.25, -0.2) is 8.42 Å². The fourth-order valence-corrected chi connectivity index (χ4v) is 7.00. The standard InChI is InChI=1S/C19H37N3O4S/c1-16(2)10-14(11-17(3,4)21(16)23)20(27(9,25)26)15-12-18(5,6)22(24)19(7,8)13-15/h14-15H,10-13H2,1-9H3. The first-order valence-corrected chi connectivity index (χ1v) is 11.6. The van der Waals surface area contributed by atoms with Crippen molar-refractivity contribution in [2.24, 2.45) is 0 Å². The number of rotatable bonds is 3. The Bertz CT molecular complexity index is 594. The third-order valence-corrected chi connectivity index (χ3v) is 7.60. The lowest BCUT2D eigenvalue weighted by atomic mass is 9.76. The molecular formula is C19H37N3O4S. The molecule has 0 N–H and O–H groups in total. The molecule has 0 aliphatic carbocycles. The van der Waals surface area contributed by atoms with Gasteiger partial charge in [0.15, 0.2) is 0 Å². The summed E-state index contributed by atoms with van der Waals surface area (Å²) >= 11 is 0. The Labute approximate surface area is 165 Å². The minimum atomic E-state index is -3.51. The Balaban J connectivity index is 2.46. The molecule has 2 radical (unpaired) electrons. The maximum atomic E-state index is 12.9. The first kappa shape index (κ1) is 23.0. The predicted molar refractivity (Wildman–Crippen MR) is 104 cm³/mol. The Morgan fingerprint density at radius 1 is 0.667 bits per heavy atom. The summed E-state index contributed by atoms with van der Waals surface area (Å²) in [5, 5.41) is 27.7. The molecule has 0 amide bonds. The van der Waals surface area contributed by atoms with Crippen LogP contribution in [-0.2, 0) is 20.4 Å². The number of hydroxylamine groups is 4. The zero-order valence-corrected chi connectivity index (χ0v) is 19.2. The van der Waals surface area contributed by atoms with Crippen LogP contribution < -0.4 is 0 Å². The van der Waals surface area contributed by atoms with Gasteiger partial charge in [-0.3, -0.25) is 0 Å². The second-order valence-corrected chi connectivity index (χ2v) is 12.9. The molecule has 2 aliphatic rings. The Kier molecular flexibility index (Phi) is 5.66. The Morgan fingerprint density at radius 3 is 1.07 bits per heavy atom. The number of sulfonamides is 1. The van der Waals surface area contributed by atoms with Crippen molar-refractivity contribution in [3.8, 4) is 0 Å². The molecule has 0 aromatic heterocycles. The molecule has 2 saturated heterocycles. The number of hydrogen-bond donors (Lipinski definition) is 0. The van der Waals surface area contributed by atoms with Gasteiger partial charge in [0.2, 0.25) is 10.0 Å². The predicted octanol–water partition coefficient (Wildman–Crippen LogP) is 2.98. The summed E-state index contributed by atoms with van der Waals surface area (Å²) in [4.78, 5) is 0. The molecule has 0 saturated carbocycles. The molecule has 0 aromatic carbocycles. The van der Waals surface area contributed by atoms with Crippen molar-refractivity contribution in [1.82, 2.24) is 14.4 Å². The van der Waals surface area contributed by atoms with Crippen molar-refractivity contribution in [3.63, 3.8) is 0 Å². The molecule has 158 valence electrons. The van der Waals surface area contributed by atoms with E-state index in [-0.39, 0.29) is 12.1 Å². The minimum absolute atomic E-state index is 0.259. The van der Waals surface area contributed by atoms with E-state index in [2.05, 4.69) is 0 Å². The minimum Gasteiger partial charge on any atom is -0.212 e. The highest BCUT2D eigenvalue weighted by molar-refractivity contribution is 7.88. The van der Waals surface area contributed by atoms with Crippen LogP contribution in [0.3, 0.4) is 0 Å². The van der Waals surface area contributed by atoms with Crippen LogP contribution in [0.2, 0.25) is 0 Å². The largest absolute Gasteiger partial charge is 0.212 e. The van der Waals surface area contributed by atoms with E-state index in [0.717, 1.165) is 10.1 Å². The van der Waals surface area contributed by atoms with Gasteiger partial charge >= 0.3 is 0 Å². The average Bonchev–Trinajstić information content (AvgIpc) is 2.39. The molecule has 0 atom stereocenters. The van der Waals surface area contributed by atoms with Crippen molar-refractivity contribution in [1.29, 1.82) is 0 Å². The topological polar surface area (TPSA) is 83.7 Å². The van der Waals surface area contributed by atoms with Crippen LogP contribution in [0.15, 0.2) is 0 Å². The molecule has 0 aromatic rings. The van der Waals surface area contributed by atoms with Crippen molar-refractivity contribution in [2.45, 2.75) is 115 Å². The van der Waals surface area contributed by atoms with Crippen molar-refractivity contribution in [3.05, 3.63) is 0 Å². The molecule has 27 heavy (non-hydrogen) atoms. The van der Waals surface area contributed by atoms with Crippen LogP contribution in [0.1, 0.15) is 81.1 Å². The van der Waals surface area contributed by atoms with Gasteiger partial charge in [0.1, 0.15) is 0 Å². The quantitative estimate of drug-likeness (QED) is 0.725. The molecule has 2 heterocycles. The molecule has 2 rings (SSSR count). The summed E-state index contributed by atoms with van der Waals surface area (Å²) in [5.74, 6) is 0. The average molecular weight is 404 g/mol. The summed E-state index contributed by atoms with van der Waals surface area (Å²) in [6.45, 7) is 15.0. The molecule has 7 nitrogen and oxygen atoms in total. The second-order valence-electron chi connectivity index (χ2n) is 11.1. The van der Waals surface area contributed by atoms with Crippen LogP contribution in [0.5, 0.6) is 0 Å². The van der Waals surface area contributed by atoms with E-state index in [9.17, 15) is 18.8 Å². The highest BCUT2D eigenvalue weighted by Gasteiger charge is 2.54. The summed E-state index contributed by atoms with van der Waals surface area (Å²) in [7, 11) is -3.51. The van der Waals surface area contributed by atoms with E-state index in [4.69, 9.17) is 0 Å². The maximum Gasteiger partial charge on any atom is 0.211 e. The van der Waals surface area contributed by atoms with Crippen molar-refractivity contribution in [2.75, 3.05) is 6.26 Å². The van der Waals surface area contributed by atoms with E-state index in [1.54, 1.807) is 4.31 Å². The number of hydrogen-bond acceptors (Lipinski definition) is 4. The molecule has 0 spiro atoms. The lowest BCUT2D eigenvalue weighted by Crippen LogP contribution is -2.67. The van der Waals surface area contributed by atoms with Gasteiger partial charge in [0.05, 0.1) is 6.26 Å². The first-order valence-electron chi connectivity index (χ1n) is 9.75. The van der Waals surface area contributed by atoms with Crippen LogP contribution in [-0.4, -0.2) is 63.3 Å². The van der Waals surface area contributed by atoms with Crippen LogP contribution >= 0.6 is 0 Å². The van der Waals surface area contributed by atoms with Gasteiger partial charge in [-0.2, -0.15) is 4.31 Å². The van der Waals surface area contributed by atoms with E-state index in [1.165, 1.54) is 6.26 Å². The van der Waals surface area contributed by atoms with Gasteiger partial charge in [-0.1, -0.05) is 0 Å².